The van der Waals surface area contributed by atoms with E-state index in [1.807, 2.05) is 26.2 Å². The zero-order valence-electron chi connectivity index (χ0n) is 16.0. The van der Waals surface area contributed by atoms with Crippen LogP contribution in [0.1, 0.15) is 11.1 Å². The SMILES string of the molecule is COc1ccc(C=C(C(=O)OCC[NH+](C)C)c2ccc([N+](=O)[O-])cc2)cc1.Cl. The molecule has 0 amide bonds. The average Bonchev–Trinajstić information content (AvgIpc) is 2.66. The second-order valence-electron chi connectivity index (χ2n) is 6.23. The second kappa shape index (κ2) is 11.1. The van der Waals surface area contributed by atoms with Gasteiger partial charge in [-0.2, -0.15) is 0 Å². The third-order valence-corrected chi connectivity index (χ3v) is 3.87. The Kier molecular flexibility index (Phi) is 9.14. The number of ether oxygens (including phenoxy) is 2. The van der Waals surface area contributed by atoms with Crippen LogP contribution in [0.4, 0.5) is 5.69 Å². The highest BCUT2D eigenvalue weighted by Gasteiger charge is 2.16. The van der Waals surface area contributed by atoms with E-state index >= 15 is 0 Å². The molecule has 0 fully saturated rings. The number of esters is 1. The fourth-order valence-electron chi connectivity index (χ4n) is 2.32. The molecule has 28 heavy (non-hydrogen) atoms. The van der Waals surface area contributed by atoms with E-state index in [0.29, 0.717) is 23.4 Å². The number of quaternary nitrogens is 1. The largest absolute Gasteiger partial charge is 0.497 e. The molecule has 0 aliphatic heterocycles. The summed E-state index contributed by atoms with van der Waals surface area (Å²) in [4.78, 5) is 24.2. The Morgan fingerprint density at radius 2 is 1.71 bits per heavy atom. The van der Waals surface area contributed by atoms with Crippen LogP contribution < -0.4 is 9.64 Å². The van der Waals surface area contributed by atoms with Crippen LogP contribution in [0, 0.1) is 10.1 Å². The van der Waals surface area contributed by atoms with Gasteiger partial charge in [-0.1, -0.05) is 12.1 Å². The quantitative estimate of drug-likeness (QED) is 0.238. The lowest BCUT2D eigenvalue weighted by atomic mass is 10.0. The Labute approximate surface area is 170 Å². The molecule has 2 rings (SSSR count). The molecule has 0 spiro atoms. The van der Waals surface area contributed by atoms with E-state index in [1.54, 1.807) is 37.5 Å². The van der Waals surface area contributed by atoms with Gasteiger partial charge in [0, 0.05) is 12.1 Å². The van der Waals surface area contributed by atoms with Gasteiger partial charge in [0.15, 0.2) is 0 Å². The molecule has 2 aromatic carbocycles. The topological polar surface area (TPSA) is 83.1 Å². The van der Waals surface area contributed by atoms with Crippen molar-refractivity contribution in [1.82, 2.24) is 0 Å². The Bertz CT molecular complexity index is 817. The highest BCUT2D eigenvalue weighted by molar-refractivity contribution is 6.21. The number of hydrogen-bond donors (Lipinski definition) is 1. The van der Waals surface area contributed by atoms with Gasteiger partial charge in [-0.15, -0.1) is 12.4 Å². The molecule has 0 heterocycles. The molecule has 0 aliphatic carbocycles. The van der Waals surface area contributed by atoms with Crippen molar-refractivity contribution in [2.24, 2.45) is 0 Å². The number of hydrogen-bond acceptors (Lipinski definition) is 5. The van der Waals surface area contributed by atoms with Crippen molar-refractivity contribution in [3.63, 3.8) is 0 Å². The molecule has 150 valence electrons. The molecule has 0 aromatic heterocycles. The van der Waals surface area contributed by atoms with Crippen LogP contribution in [0.25, 0.3) is 11.6 Å². The Hall–Kier alpha value is -2.90. The number of methoxy groups -OCH3 is 1. The molecule has 8 heteroatoms. The number of nitrogens with one attached hydrogen (secondary N) is 1. The molecule has 0 saturated carbocycles. The first-order chi connectivity index (χ1) is 12.9. The maximum Gasteiger partial charge on any atom is 0.338 e. The van der Waals surface area contributed by atoms with Crippen molar-refractivity contribution in [3.8, 4) is 5.75 Å². The van der Waals surface area contributed by atoms with Crippen LogP contribution in [-0.4, -0.2) is 45.2 Å². The molecular weight excluding hydrogens is 384 g/mol. The number of nitrogens with zero attached hydrogens (tertiary/aromatic N) is 1. The predicted octanol–water partition coefficient (Wildman–Crippen LogP) is 2.25. The molecule has 0 aliphatic rings. The Morgan fingerprint density at radius 1 is 1.11 bits per heavy atom. The summed E-state index contributed by atoms with van der Waals surface area (Å²) in [6.07, 6.45) is 1.70. The van der Waals surface area contributed by atoms with Crippen LogP contribution in [0.2, 0.25) is 0 Å². The van der Waals surface area contributed by atoms with E-state index in [4.69, 9.17) is 9.47 Å². The number of likely N-dealkylation sites (N-methyl/N-ethyl adjacent to an activating group) is 1. The number of carbonyl (C=O) groups excluding carboxylic acids is 1. The average molecular weight is 408 g/mol. The minimum atomic E-state index is -0.477. The minimum absolute atomic E-state index is 0. The van der Waals surface area contributed by atoms with Gasteiger partial charge < -0.3 is 14.4 Å². The summed E-state index contributed by atoms with van der Waals surface area (Å²) in [5.41, 5.74) is 1.65. The molecule has 0 atom stereocenters. The minimum Gasteiger partial charge on any atom is -0.497 e. The second-order valence-corrected chi connectivity index (χ2v) is 6.23. The Balaban J connectivity index is 0.00000392. The van der Waals surface area contributed by atoms with E-state index in [9.17, 15) is 14.9 Å². The number of rotatable bonds is 8. The van der Waals surface area contributed by atoms with E-state index < -0.39 is 10.9 Å². The maximum absolute atomic E-state index is 12.6. The number of halogens is 1. The highest BCUT2D eigenvalue weighted by atomic mass is 35.5. The van der Waals surface area contributed by atoms with Gasteiger partial charge in [-0.05, 0) is 41.5 Å². The standard InChI is InChI=1S/C20H22N2O5.ClH/c1-21(2)12-13-27-20(23)19(14-15-4-10-18(26-3)11-5-15)16-6-8-17(9-7-16)22(24)25;/h4-11,14H,12-13H2,1-3H3;1H/p+1. The van der Waals surface area contributed by atoms with Crippen LogP contribution >= 0.6 is 12.4 Å². The third-order valence-electron chi connectivity index (χ3n) is 3.87. The van der Waals surface area contributed by atoms with Crippen LogP contribution in [0.5, 0.6) is 5.75 Å². The number of nitro groups is 1. The molecule has 0 saturated heterocycles. The van der Waals surface area contributed by atoms with E-state index in [-0.39, 0.29) is 24.7 Å². The molecule has 0 bridgehead atoms. The van der Waals surface area contributed by atoms with Gasteiger partial charge in [0.25, 0.3) is 5.69 Å². The van der Waals surface area contributed by atoms with Crippen molar-refractivity contribution in [1.29, 1.82) is 0 Å². The zero-order chi connectivity index (χ0) is 19.8. The van der Waals surface area contributed by atoms with Gasteiger partial charge in [-0.25, -0.2) is 4.79 Å². The normalized spacial score (nSPS) is 10.9. The number of benzene rings is 2. The fourth-order valence-corrected chi connectivity index (χ4v) is 2.32. The van der Waals surface area contributed by atoms with Gasteiger partial charge in [0.05, 0.1) is 31.7 Å². The van der Waals surface area contributed by atoms with E-state index in [1.165, 1.54) is 17.0 Å². The summed E-state index contributed by atoms with van der Waals surface area (Å²) in [5.74, 6) is 0.237. The molecule has 0 unspecified atom stereocenters. The first-order valence-electron chi connectivity index (χ1n) is 8.47. The van der Waals surface area contributed by atoms with Gasteiger partial charge in [0.1, 0.15) is 18.9 Å². The van der Waals surface area contributed by atoms with Crippen molar-refractivity contribution in [3.05, 3.63) is 69.8 Å². The lowest BCUT2D eigenvalue weighted by Crippen LogP contribution is -3.06. The van der Waals surface area contributed by atoms with E-state index in [2.05, 4.69) is 0 Å². The smallest absolute Gasteiger partial charge is 0.338 e. The number of carbonyl (C=O) groups is 1. The molecular formula is C20H24ClN2O5+. The zero-order valence-corrected chi connectivity index (χ0v) is 16.8. The van der Waals surface area contributed by atoms with E-state index in [0.717, 1.165) is 5.56 Å². The first-order valence-corrected chi connectivity index (χ1v) is 8.47. The van der Waals surface area contributed by atoms with Gasteiger partial charge in [0.2, 0.25) is 0 Å². The fraction of sp³-hybridized carbons (Fsp3) is 0.250. The monoisotopic (exact) mass is 407 g/mol. The number of nitro benzene ring substituents is 1. The van der Waals surface area contributed by atoms with Crippen LogP contribution in [0.3, 0.4) is 0 Å². The summed E-state index contributed by atoms with van der Waals surface area (Å²) in [6.45, 7) is 0.968. The van der Waals surface area contributed by atoms with Crippen molar-refractivity contribution in [2.75, 3.05) is 34.4 Å². The van der Waals surface area contributed by atoms with Crippen LogP contribution in [0.15, 0.2) is 48.5 Å². The van der Waals surface area contributed by atoms with Gasteiger partial charge in [-0.3, -0.25) is 10.1 Å². The maximum atomic E-state index is 12.6. The molecule has 7 nitrogen and oxygen atoms in total. The summed E-state index contributed by atoms with van der Waals surface area (Å²) >= 11 is 0. The first kappa shape index (κ1) is 23.1. The van der Waals surface area contributed by atoms with Crippen LogP contribution in [-0.2, 0) is 9.53 Å². The summed E-state index contributed by atoms with van der Waals surface area (Å²) < 4.78 is 10.5. The summed E-state index contributed by atoms with van der Waals surface area (Å²) in [5, 5.41) is 10.9. The molecule has 0 radical (unpaired) electrons. The predicted molar refractivity (Wildman–Crippen MR) is 110 cm³/mol. The molecule has 1 N–H and O–H groups in total. The Morgan fingerprint density at radius 3 is 2.21 bits per heavy atom. The van der Waals surface area contributed by atoms with Gasteiger partial charge >= 0.3 is 5.97 Å². The molecule has 2 aromatic rings. The van der Waals surface area contributed by atoms with Crippen molar-refractivity contribution < 1.29 is 24.1 Å². The van der Waals surface area contributed by atoms with Crippen molar-refractivity contribution in [2.45, 2.75) is 0 Å². The number of non-ortho nitro benzene ring substituents is 1. The lowest BCUT2D eigenvalue weighted by Gasteiger charge is -2.11. The van der Waals surface area contributed by atoms with Crippen molar-refractivity contribution >= 4 is 35.7 Å². The lowest BCUT2D eigenvalue weighted by molar-refractivity contribution is -0.858. The third kappa shape index (κ3) is 6.68. The summed E-state index contributed by atoms with van der Waals surface area (Å²) in [7, 11) is 5.52. The summed E-state index contributed by atoms with van der Waals surface area (Å²) in [6, 6.07) is 13.1. The highest BCUT2D eigenvalue weighted by Crippen LogP contribution is 2.23.